The Labute approximate surface area is 113 Å². The standard InChI is InChI=1S/C13H23N3O3/c1-10-11(8-17)12(16(3)14-10)15(2)9-13(18)4-6-19-7-5-13/h17-18H,4-9H2,1-3H3. The van der Waals surface area contributed by atoms with E-state index >= 15 is 0 Å². The Morgan fingerprint density at radius 3 is 2.63 bits per heavy atom. The van der Waals surface area contributed by atoms with Crippen LogP contribution in [0.5, 0.6) is 0 Å². The summed E-state index contributed by atoms with van der Waals surface area (Å²) in [5.74, 6) is 0.861. The molecule has 2 heterocycles. The van der Waals surface area contributed by atoms with Crippen LogP contribution >= 0.6 is 0 Å². The molecule has 0 saturated carbocycles. The monoisotopic (exact) mass is 269 g/mol. The molecular formula is C13H23N3O3. The fraction of sp³-hybridized carbons (Fsp3) is 0.769. The van der Waals surface area contributed by atoms with Crippen LogP contribution in [0, 0.1) is 6.92 Å². The van der Waals surface area contributed by atoms with Gasteiger partial charge in [-0.05, 0) is 6.92 Å². The Morgan fingerprint density at radius 2 is 2.05 bits per heavy atom. The number of nitrogens with zero attached hydrogens (tertiary/aromatic N) is 3. The smallest absolute Gasteiger partial charge is 0.132 e. The van der Waals surface area contributed by atoms with E-state index in [2.05, 4.69) is 5.10 Å². The van der Waals surface area contributed by atoms with E-state index in [0.717, 1.165) is 17.1 Å². The molecule has 1 saturated heterocycles. The summed E-state index contributed by atoms with van der Waals surface area (Å²) < 4.78 is 7.04. The molecule has 0 atom stereocenters. The number of aliphatic hydroxyl groups is 2. The van der Waals surface area contributed by atoms with Crippen LogP contribution in [0.2, 0.25) is 0 Å². The van der Waals surface area contributed by atoms with E-state index in [4.69, 9.17) is 4.74 Å². The number of aromatic nitrogens is 2. The van der Waals surface area contributed by atoms with Crippen LogP contribution in [-0.2, 0) is 18.4 Å². The van der Waals surface area contributed by atoms with E-state index in [1.165, 1.54) is 0 Å². The van der Waals surface area contributed by atoms with Crippen LogP contribution in [0.3, 0.4) is 0 Å². The van der Waals surface area contributed by atoms with Crippen LogP contribution in [0.1, 0.15) is 24.1 Å². The Bertz CT molecular complexity index is 439. The summed E-state index contributed by atoms with van der Waals surface area (Å²) in [4.78, 5) is 1.97. The van der Waals surface area contributed by atoms with Gasteiger partial charge < -0.3 is 19.8 Å². The number of likely N-dealkylation sites (N-methyl/N-ethyl adjacent to an activating group) is 1. The molecule has 0 aromatic carbocycles. The molecular weight excluding hydrogens is 246 g/mol. The molecule has 6 nitrogen and oxygen atoms in total. The van der Waals surface area contributed by atoms with Crippen molar-refractivity contribution in [2.75, 3.05) is 31.7 Å². The summed E-state index contributed by atoms with van der Waals surface area (Å²) in [6.07, 6.45) is 1.28. The number of ether oxygens (including phenoxy) is 1. The third kappa shape index (κ3) is 2.91. The zero-order valence-corrected chi connectivity index (χ0v) is 11.9. The molecule has 1 aliphatic rings. The highest BCUT2D eigenvalue weighted by Crippen LogP contribution is 2.27. The highest BCUT2D eigenvalue weighted by atomic mass is 16.5. The molecule has 0 radical (unpaired) electrons. The summed E-state index contributed by atoms with van der Waals surface area (Å²) in [5, 5.41) is 24.3. The summed E-state index contributed by atoms with van der Waals surface area (Å²) in [6.45, 7) is 3.55. The second-order valence-corrected chi connectivity index (χ2v) is 5.36. The van der Waals surface area contributed by atoms with Gasteiger partial charge in [0.15, 0.2) is 0 Å². The third-order valence-corrected chi connectivity index (χ3v) is 3.79. The van der Waals surface area contributed by atoms with Crippen LogP contribution in [0.4, 0.5) is 5.82 Å². The van der Waals surface area contributed by atoms with E-state index in [1.807, 2.05) is 25.9 Å². The number of rotatable bonds is 4. The van der Waals surface area contributed by atoms with Crippen LogP contribution in [-0.4, -0.2) is 52.4 Å². The van der Waals surface area contributed by atoms with Crippen LogP contribution < -0.4 is 4.90 Å². The van der Waals surface area contributed by atoms with Gasteiger partial charge in [-0.25, -0.2) is 0 Å². The second kappa shape index (κ2) is 5.48. The van der Waals surface area contributed by atoms with Gasteiger partial charge in [0.1, 0.15) is 5.82 Å². The average Bonchev–Trinajstić information content (AvgIpc) is 2.63. The van der Waals surface area contributed by atoms with E-state index in [-0.39, 0.29) is 6.61 Å². The fourth-order valence-corrected chi connectivity index (χ4v) is 2.78. The first kappa shape index (κ1) is 14.3. The van der Waals surface area contributed by atoms with E-state index in [1.54, 1.807) is 4.68 Å². The summed E-state index contributed by atoms with van der Waals surface area (Å²) in [5.41, 5.74) is 0.921. The molecule has 2 N–H and O–H groups in total. The molecule has 108 valence electrons. The first-order valence-electron chi connectivity index (χ1n) is 6.61. The first-order valence-corrected chi connectivity index (χ1v) is 6.61. The highest BCUT2D eigenvalue weighted by Gasteiger charge is 2.32. The minimum atomic E-state index is -0.724. The number of aryl methyl sites for hydroxylation is 2. The molecule has 0 aliphatic carbocycles. The van der Waals surface area contributed by atoms with Crippen molar-refractivity contribution in [3.63, 3.8) is 0 Å². The first-order chi connectivity index (χ1) is 8.97. The van der Waals surface area contributed by atoms with Crippen molar-refractivity contribution in [3.8, 4) is 0 Å². The molecule has 2 rings (SSSR count). The molecule has 0 amide bonds. The molecule has 1 fully saturated rings. The normalized spacial score (nSPS) is 18.6. The second-order valence-electron chi connectivity index (χ2n) is 5.36. The minimum Gasteiger partial charge on any atom is -0.391 e. The average molecular weight is 269 g/mol. The molecule has 0 bridgehead atoms. The number of aliphatic hydroxyl groups excluding tert-OH is 1. The largest absolute Gasteiger partial charge is 0.391 e. The van der Waals surface area contributed by atoms with Gasteiger partial charge in [-0.1, -0.05) is 0 Å². The zero-order chi connectivity index (χ0) is 14.0. The zero-order valence-electron chi connectivity index (χ0n) is 11.9. The number of hydrogen-bond acceptors (Lipinski definition) is 5. The van der Waals surface area contributed by atoms with Gasteiger partial charge in [0.25, 0.3) is 0 Å². The van der Waals surface area contributed by atoms with Gasteiger partial charge in [-0.2, -0.15) is 5.10 Å². The molecule has 0 spiro atoms. The van der Waals surface area contributed by atoms with Crippen molar-refractivity contribution in [1.82, 2.24) is 9.78 Å². The van der Waals surface area contributed by atoms with E-state index in [0.29, 0.717) is 32.6 Å². The maximum absolute atomic E-state index is 10.6. The number of anilines is 1. The third-order valence-electron chi connectivity index (χ3n) is 3.79. The van der Waals surface area contributed by atoms with Gasteiger partial charge >= 0.3 is 0 Å². The van der Waals surface area contributed by atoms with Crippen molar-refractivity contribution in [2.24, 2.45) is 7.05 Å². The Kier molecular flexibility index (Phi) is 4.13. The van der Waals surface area contributed by atoms with E-state index in [9.17, 15) is 10.2 Å². The lowest BCUT2D eigenvalue weighted by Gasteiger charge is -2.36. The molecule has 6 heteroatoms. The molecule has 19 heavy (non-hydrogen) atoms. The minimum absolute atomic E-state index is 0.0408. The van der Waals surface area contributed by atoms with Crippen molar-refractivity contribution in [3.05, 3.63) is 11.3 Å². The molecule has 1 aromatic rings. The topological polar surface area (TPSA) is 70.8 Å². The van der Waals surface area contributed by atoms with Crippen molar-refractivity contribution >= 4 is 5.82 Å². The molecule has 1 aromatic heterocycles. The van der Waals surface area contributed by atoms with Gasteiger partial charge in [-0.3, -0.25) is 4.68 Å². The Hall–Kier alpha value is -1.11. The fourth-order valence-electron chi connectivity index (χ4n) is 2.78. The summed E-state index contributed by atoms with van der Waals surface area (Å²) >= 11 is 0. The maximum atomic E-state index is 10.6. The lowest BCUT2D eigenvalue weighted by molar-refractivity contribution is -0.0574. The van der Waals surface area contributed by atoms with Gasteiger partial charge in [-0.15, -0.1) is 0 Å². The maximum Gasteiger partial charge on any atom is 0.132 e. The van der Waals surface area contributed by atoms with Gasteiger partial charge in [0, 0.05) is 52.3 Å². The molecule has 0 unspecified atom stereocenters. The summed E-state index contributed by atoms with van der Waals surface area (Å²) in [6, 6.07) is 0. The highest BCUT2D eigenvalue weighted by molar-refractivity contribution is 5.49. The lowest BCUT2D eigenvalue weighted by atomic mass is 9.94. The van der Waals surface area contributed by atoms with Crippen LogP contribution in [0.25, 0.3) is 0 Å². The lowest BCUT2D eigenvalue weighted by Crippen LogP contribution is -2.46. The Morgan fingerprint density at radius 1 is 1.42 bits per heavy atom. The SMILES string of the molecule is Cc1nn(C)c(N(C)CC2(O)CCOCC2)c1CO. The van der Waals surface area contributed by atoms with Gasteiger partial charge in [0.2, 0.25) is 0 Å². The Balaban J connectivity index is 2.17. The van der Waals surface area contributed by atoms with Crippen molar-refractivity contribution in [1.29, 1.82) is 0 Å². The quantitative estimate of drug-likeness (QED) is 0.817. The number of hydrogen-bond donors (Lipinski definition) is 2. The van der Waals surface area contributed by atoms with Crippen LogP contribution in [0.15, 0.2) is 0 Å². The van der Waals surface area contributed by atoms with Crippen molar-refractivity contribution in [2.45, 2.75) is 32.0 Å². The van der Waals surface area contributed by atoms with Gasteiger partial charge in [0.05, 0.1) is 17.9 Å². The van der Waals surface area contributed by atoms with E-state index < -0.39 is 5.60 Å². The summed E-state index contributed by atoms with van der Waals surface area (Å²) in [7, 11) is 3.77. The predicted molar refractivity (Wildman–Crippen MR) is 72.1 cm³/mol. The predicted octanol–water partition coefficient (Wildman–Crippen LogP) is 0.199. The molecule has 1 aliphatic heterocycles. The van der Waals surface area contributed by atoms with Crippen molar-refractivity contribution < 1.29 is 14.9 Å².